The van der Waals surface area contributed by atoms with Crippen LogP contribution in [0.15, 0.2) is 132 Å². The first-order valence-corrected chi connectivity index (χ1v) is 21.8. The third-order valence-corrected chi connectivity index (χ3v) is 11.5. The number of aromatic amines is 1. The van der Waals surface area contributed by atoms with Gasteiger partial charge in [0.05, 0.1) is 29.2 Å². The fraction of sp³-hybridized carbons (Fsp3) is 0.245. The van der Waals surface area contributed by atoms with Gasteiger partial charge in [0, 0.05) is 50.7 Å². The zero-order chi connectivity index (χ0) is 44.1. The molecule has 4 aromatic carbocycles. The summed E-state index contributed by atoms with van der Waals surface area (Å²) in [5.41, 5.74) is 5.83. The van der Waals surface area contributed by atoms with Crippen LogP contribution < -0.4 is 16.0 Å². The van der Waals surface area contributed by atoms with Crippen LogP contribution in [0.3, 0.4) is 0 Å². The number of hydrogen-bond donors (Lipinski definition) is 4. The van der Waals surface area contributed by atoms with E-state index in [0.29, 0.717) is 47.1 Å². The smallest absolute Gasteiger partial charge is 0.412 e. The van der Waals surface area contributed by atoms with Crippen molar-refractivity contribution in [2.24, 2.45) is 0 Å². The SMILES string of the molecule is CC(C)c1ccc2c(Nc3cc(C(=O)Nc4ccc(-c5c[nH]c([C@@H]6CCCN6C(=O)Cc6ccccc6)n5)cc4)ccc3Sc3ccc(NC(=O)OC(C)(C)C)cc3)ncnc2n1. The van der Waals surface area contributed by atoms with Gasteiger partial charge in [-0.3, -0.25) is 14.9 Å². The number of imidazole rings is 1. The number of H-pyrrole nitrogens is 1. The maximum absolute atomic E-state index is 13.8. The lowest BCUT2D eigenvalue weighted by molar-refractivity contribution is -0.131. The molecule has 3 amide bonds. The number of fused-ring (bicyclic) bond motifs is 1. The maximum Gasteiger partial charge on any atom is 0.412 e. The van der Waals surface area contributed by atoms with E-state index < -0.39 is 11.7 Å². The molecule has 0 saturated carbocycles. The van der Waals surface area contributed by atoms with Crippen molar-refractivity contribution in [1.82, 2.24) is 29.8 Å². The van der Waals surface area contributed by atoms with E-state index in [9.17, 15) is 14.4 Å². The minimum Gasteiger partial charge on any atom is -0.444 e. The molecule has 0 spiro atoms. The highest BCUT2D eigenvalue weighted by atomic mass is 32.2. The molecule has 1 fully saturated rings. The quantitative estimate of drug-likeness (QED) is 0.0928. The van der Waals surface area contributed by atoms with E-state index in [1.807, 2.05) is 129 Å². The third kappa shape index (κ3) is 10.5. The van der Waals surface area contributed by atoms with Crippen molar-refractivity contribution >= 4 is 63.6 Å². The number of likely N-dealkylation sites (tertiary alicyclic amines) is 1. The minimum atomic E-state index is -0.615. The van der Waals surface area contributed by atoms with Gasteiger partial charge in [-0.15, -0.1) is 0 Å². The molecule has 0 radical (unpaired) electrons. The number of carbonyl (C=O) groups is 3. The molecule has 7 aromatic rings. The summed E-state index contributed by atoms with van der Waals surface area (Å²) >= 11 is 1.49. The maximum atomic E-state index is 13.8. The molecule has 0 aliphatic carbocycles. The van der Waals surface area contributed by atoms with E-state index in [0.717, 1.165) is 56.4 Å². The fourth-order valence-corrected chi connectivity index (χ4v) is 8.20. The van der Waals surface area contributed by atoms with Gasteiger partial charge < -0.3 is 25.3 Å². The Bertz CT molecular complexity index is 2750. The number of hydrogen-bond acceptors (Lipinski definition) is 10. The van der Waals surface area contributed by atoms with Crippen LogP contribution >= 0.6 is 11.8 Å². The summed E-state index contributed by atoms with van der Waals surface area (Å²) in [4.78, 5) is 65.1. The highest BCUT2D eigenvalue weighted by Crippen LogP contribution is 2.38. The first kappa shape index (κ1) is 42.6. The summed E-state index contributed by atoms with van der Waals surface area (Å²) in [6.45, 7) is 10.3. The normalized spacial score (nSPS) is 13.9. The Morgan fingerprint density at radius 1 is 0.873 bits per heavy atom. The van der Waals surface area contributed by atoms with E-state index in [1.165, 1.54) is 18.1 Å². The monoisotopic (exact) mass is 859 g/mol. The van der Waals surface area contributed by atoms with Gasteiger partial charge in [0.15, 0.2) is 5.65 Å². The molecule has 1 aliphatic rings. The Morgan fingerprint density at radius 2 is 1.62 bits per heavy atom. The molecule has 0 bridgehead atoms. The molecule has 4 N–H and O–H groups in total. The molecule has 14 heteroatoms. The molecule has 13 nitrogen and oxygen atoms in total. The van der Waals surface area contributed by atoms with Gasteiger partial charge >= 0.3 is 6.09 Å². The summed E-state index contributed by atoms with van der Waals surface area (Å²) in [6.07, 6.45) is 4.95. The number of pyridine rings is 1. The summed E-state index contributed by atoms with van der Waals surface area (Å²) in [7, 11) is 0. The van der Waals surface area contributed by atoms with E-state index in [2.05, 4.69) is 44.7 Å². The number of aromatic nitrogens is 5. The van der Waals surface area contributed by atoms with Crippen molar-refractivity contribution in [2.45, 2.75) is 81.2 Å². The zero-order valence-electron chi connectivity index (χ0n) is 35.8. The second-order valence-electron chi connectivity index (χ2n) is 16.7. The number of anilines is 4. The topological polar surface area (TPSA) is 167 Å². The molecule has 1 saturated heterocycles. The Labute approximate surface area is 370 Å². The first-order chi connectivity index (χ1) is 30.3. The lowest BCUT2D eigenvalue weighted by Crippen LogP contribution is -2.32. The van der Waals surface area contributed by atoms with Crippen molar-refractivity contribution in [1.29, 1.82) is 0 Å². The predicted octanol–water partition coefficient (Wildman–Crippen LogP) is 10.9. The Kier molecular flexibility index (Phi) is 12.5. The van der Waals surface area contributed by atoms with Crippen LogP contribution in [0.1, 0.15) is 86.9 Å². The van der Waals surface area contributed by atoms with Crippen LogP contribution in [0, 0.1) is 0 Å². The van der Waals surface area contributed by atoms with Gasteiger partial charge in [-0.2, -0.15) is 0 Å². The van der Waals surface area contributed by atoms with Crippen molar-refractivity contribution < 1.29 is 19.1 Å². The lowest BCUT2D eigenvalue weighted by atomic mass is 10.1. The van der Waals surface area contributed by atoms with E-state index in [4.69, 9.17) is 14.7 Å². The predicted molar refractivity (Wildman–Crippen MR) is 247 cm³/mol. The Balaban J connectivity index is 0.987. The summed E-state index contributed by atoms with van der Waals surface area (Å²) in [6, 6.07) is 34.1. The van der Waals surface area contributed by atoms with E-state index in [1.54, 1.807) is 12.1 Å². The first-order valence-electron chi connectivity index (χ1n) is 21.0. The van der Waals surface area contributed by atoms with Crippen LogP contribution in [0.5, 0.6) is 0 Å². The molecule has 1 aliphatic heterocycles. The molecule has 4 heterocycles. The standard InChI is InChI=1S/C49H49N9O4S/c1-30(2)38-23-22-37-44(55-38)51-29-52-45(37)56-39-27-33(15-24-42(39)63-36-20-18-35(19-21-36)54-48(61)62-49(3,4)5)47(60)53-34-16-13-32(14-17-34)40-28-50-46(57-40)41-12-9-25-58(41)43(59)26-31-10-7-6-8-11-31/h6-8,10-11,13-24,27-30,41H,9,12,25-26H2,1-5H3,(H,50,57)(H,53,60)(H,54,61)(H,51,52,55,56)/t41-/m0/s1. The highest BCUT2D eigenvalue weighted by molar-refractivity contribution is 7.99. The zero-order valence-corrected chi connectivity index (χ0v) is 36.6. The van der Waals surface area contributed by atoms with Crippen LogP contribution in [0.2, 0.25) is 0 Å². The van der Waals surface area contributed by atoms with Crippen molar-refractivity contribution in [3.05, 3.63) is 144 Å². The van der Waals surface area contributed by atoms with Crippen molar-refractivity contribution in [2.75, 3.05) is 22.5 Å². The van der Waals surface area contributed by atoms with Crippen LogP contribution in [0.4, 0.5) is 27.7 Å². The number of nitrogens with one attached hydrogen (secondary N) is 4. The molecule has 63 heavy (non-hydrogen) atoms. The molecule has 3 aromatic heterocycles. The van der Waals surface area contributed by atoms with E-state index in [-0.39, 0.29) is 23.8 Å². The van der Waals surface area contributed by atoms with Crippen LogP contribution in [-0.2, 0) is 16.0 Å². The average molecular weight is 860 g/mol. The largest absolute Gasteiger partial charge is 0.444 e. The number of rotatable bonds is 12. The average Bonchev–Trinajstić information content (AvgIpc) is 3.96. The Morgan fingerprint density at radius 3 is 2.37 bits per heavy atom. The number of ether oxygens (including phenoxy) is 1. The molecular weight excluding hydrogens is 811 g/mol. The second-order valence-corrected chi connectivity index (χ2v) is 17.8. The summed E-state index contributed by atoms with van der Waals surface area (Å²) in [5.74, 6) is 1.36. The van der Waals surface area contributed by atoms with Gasteiger partial charge in [0.1, 0.15) is 23.6 Å². The van der Waals surface area contributed by atoms with Gasteiger partial charge in [0.2, 0.25) is 5.91 Å². The number of benzene rings is 4. The Hall–Kier alpha value is -7.06. The molecule has 1 atom stereocenters. The van der Waals surface area contributed by atoms with Crippen molar-refractivity contribution in [3.63, 3.8) is 0 Å². The van der Waals surface area contributed by atoms with Gasteiger partial charge in [-0.25, -0.2) is 24.7 Å². The van der Waals surface area contributed by atoms with Gasteiger partial charge in [-0.1, -0.05) is 68.1 Å². The number of amides is 3. The second kappa shape index (κ2) is 18.5. The highest BCUT2D eigenvalue weighted by Gasteiger charge is 2.32. The van der Waals surface area contributed by atoms with Crippen LogP contribution in [0.25, 0.3) is 22.3 Å². The van der Waals surface area contributed by atoms with Gasteiger partial charge in [-0.05, 0) is 112 Å². The van der Waals surface area contributed by atoms with Crippen molar-refractivity contribution in [3.8, 4) is 11.3 Å². The summed E-state index contributed by atoms with van der Waals surface area (Å²) < 4.78 is 5.39. The summed E-state index contributed by atoms with van der Waals surface area (Å²) in [5, 5.41) is 10.0. The third-order valence-electron chi connectivity index (χ3n) is 10.5. The number of carbonyl (C=O) groups excluding carboxylic acids is 3. The van der Waals surface area contributed by atoms with E-state index >= 15 is 0 Å². The number of nitrogens with zero attached hydrogens (tertiary/aromatic N) is 5. The minimum absolute atomic E-state index is 0.0962. The molecule has 8 rings (SSSR count). The molecular formula is C49H49N9O4S. The molecule has 320 valence electrons. The van der Waals surface area contributed by atoms with Gasteiger partial charge in [0.25, 0.3) is 5.91 Å². The fourth-order valence-electron chi connectivity index (χ4n) is 7.32. The lowest BCUT2D eigenvalue weighted by Gasteiger charge is -2.23. The van der Waals surface area contributed by atoms with Crippen LogP contribution in [-0.4, -0.2) is 59.9 Å². The molecule has 0 unspecified atom stereocenters.